The van der Waals surface area contributed by atoms with Crippen LogP contribution >= 0.6 is 11.6 Å². The number of likely N-dealkylation sites (tertiary alicyclic amines) is 1. The molecule has 178 valence electrons. The van der Waals surface area contributed by atoms with Crippen LogP contribution in [0.1, 0.15) is 39.5 Å². The molecule has 0 bridgehead atoms. The lowest BCUT2D eigenvalue weighted by Gasteiger charge is -2.42. The fourth-order valence-electron chi connectivity index (χ4n) is 4.54. The topological polar surface area (TPSA) is 103 Å². The van der Waals surface area contributed by atoms with Crippen LogP contribution in [-0.2, 0) is 4.79 Å². The smallest absolute Gasteiger partial charge is 0.240 e. The van der Waals surface area contributed by atoms with Gasteiger partial charge in [-0.1, -0.05) is 11.6 Å². The monoisotopic (exact) mass is 480 g/mol. The lowest BCUT2D eigenvalue weighted by Crippen LogP contribution is -2.59. The quantitative estimate of drug-likeness (QED) is 0.490. The maximum Gasteiger partial charge on any atom is 0.240 e. The molecule has 0 spiro atoms. The molecule has 5 rings (SSSR count). The Labute approximate surface area is 203 Å². The van der Waals surface area contributed by atoms with E-state index in [9.17, 15) is 9.90 Å². The van der Waals surface area contributed by atoms with Crippen molar-refractivity contribution in [2.75, 3.05) is 18.4 Å². The number of hydrogen-bond acceptors (Lipinski definition) is 7. The minimum atomic E-state index is -0.575. The molecular weight excluding hydrogens is 452 g/mol. The van der Waals surface area contributed by atoms with Gasteiger partial charge >= 0.3 is 0 Å². The van der Waals surface area contributed by atoms with Crippen LogP contribution in [0, 0.1) is 0 Å². The van der Waals surface area contributed by atoms with Gasteiger partial charge in [0.15, 0.2) is 5.82 Å². The van der Waals surface area contributed by atoms with Crippen molar-refractivity contribution >= 4 is 34.1 Å². The second kappa shape index (κ2) is 9.00. The first-order valence-corrected chi connectivity index (χ1v) is 12.1. The highest BCUT2D eigenvalue weighted by Gasteiger charge is 2.39. The Hall–Kier alpha value is -2.97. The predicted octanol–water partition coefficient (Wildman–Crippen LogP) is 3.98. The van der Waals surface area contributed by atoms with Gasteiger partial charge in [0.05, 0.1) is 5.54 Å². The van der Waals surface area contributed by atoms with E-state index in [2.05, 4.69) is 30.7 Å². The maximum atomic E-state index is 12.8. The highest BCUT2D eigenvalue weighted by molar-refractivity contribution is 6.30. The van der Waals surface area contributed by atoms with E-state index >= 15 is 0 Å². The molecule has 0 unspecified atom stereocenters. The number of halogens is 1. The van der Waals surface area contributed by atoms with Gasteiger partial charge in [0, 0.05) is 52.4 Å². The van der Waals surface area contributed by atoms with Crippen molar-refractivity contribution in [3.63, 3.8) is 0 Å². The van der Waals surface area contributed by atoms with Crippen LogP contribution in [0.3, 0.4) is 0 Å². The van der Waals surface area contributed by atoms with Crippen LogP contribution < -0.4 is 10.6 Å². The van der Waals surface area contributed by atoms with E-state index in [1.165, 1.54) is 6.07 Å². The molecule has 1 aliphatic heterocycles. The van der Waals surface area contributed by atoms with Crippen LogP contribution in [0.25, 0.3) is 22.0 Å². The number of nitrogens with zero attached hydrogens (tertiary/aromatic N) is 4. The van der Waals surface area contributed by atoms with Crippen LogP contribution in [0.5, 0.6) is 5.75 Å². The third kappa shape index (κ3) is 4.52. The van der Waals surface area contributed by atoms with Crippen molar-refractivity contribution in [2.45, 2.75) is 57.2 Å². The number of rotatable bonds is 6. The van der Waals surface area contributed by atoms with E-state index in [0.717, 1.165) is 49.5 Å². The average molecular weight is 481 g/mol. The first kappa shape index (κ1) is 22.8. The molecular formula is C25H29ClN6O2. The van der Waals surface area contributed by atoms with Crippen molar-refractivity contribution in [3.05, 3.63) is 41.7 Å². The number of nitrogens with one attached hydrogen (secondary N) is 2. The zero-order valence-electron chi connectivity index (χ0n) is 19.4. The number of pyridine rings is 1. The number of phenolic OH excluding ortho intramolecular Hbond substituents is 1. The second-order valence-corrected chi connectivity index (χ2v) is 10.2. The molecule has 1 aliphatic carbocycles. The summed E-state index contributed by atoms with van der Waals surface area (Å²) in [4.78, 5) is 19.4. The second-order valence-electron chi connectivity index (χ2n) is 9.72. The summed E-state index contributed by atoms with van der Waals surface area (Å²) >= 11 is 6.00. The lowest BCUT2D eigenvalue weighted by atomic mass is 9.95. The van der Waals surface area contributed by atoms with Gasteiger partial charge in [0.25, 0.3) is 0 Å². The highest BCUT2D eigenvalue weighted by atomic mass is 35.5. The summed E-state index contributed by atoms with van der Waals surface area (Å²) in [6.07, 6.45) is 7.58. The number of amides is 1. The fourth-order valence-corrected chi connectivity index (χ4v) is 4.70. The summed E-state index contributed by atoms with van der Waals surface area (Å²) in [7, 11) is 0. The van der Waals surface area contributed by atoms with Crippen molar-refractivity contribution in [3.8, 4) is 17.0 Å². The number of anilines is 1. The van der Waals surface area contributed by atoms with Crippen molar-refractivity contribution < 1.29 is 9.90 Å². The molecule has 2 aliphatic rings. The molecule has 34 heavy (non-hydrogen) atoms. The van der Waals surface area contributed by atoms with Crippen LogP contribution in [0.2, 0.25) is 5.02 Å². The number of aromatic hydroxyl groups is 1. The normalized spacial score (nSPS) is 19.2. The Bertz CT molecular complexity index is 1230. The van der Waals surface area contributed by atoms with E-state index in [1.54, 1.807) is 24.5 Å². The Morgan fingerprint density at radius 3 is 2.74 bits per heavy atom. The number of benzene rings is 1. The Morgan fingerprint density at radius 2 is 1.97 bits per heavy atom. The largest absolute Gasteiger partial charge is 0.507 e. The number of hydrogen-bond donors (Lipinski definition) is 3. The standard InChI is InChI=1S/C25H29ClN6O2/c1-25(2,24(34)29-16-6-7-16)32-11-3-4-17(14-32)28-23-20-13-27-10-9-18(20)22(30-31-23)19-8-5-15(26)12-21(19)33/h5,8-10,12-13,16-17,33H,3-4,6-7,11,14H2,1-2H3,(H,28,31)(H,29,34)/t17-/m1/s1. The average Bonchev–Trinajstić information content (AvgIpc) is 3.64. The van der Waals surface area contributed by atoms with E-state index in [-0.39, 0.29) is 17.7 Å². The summed E-state index contributed by atoms with van der Waals surface area (Å²) in [6.45, 7) is 5.61. The summed E-state index contributed by atoms with van der Waals surface area (Å²) in [5.41, 5.74) is 0.556. The first-order chi connectivity index (χ1) is 16.3. The minimum Gasteiger partial charge on any atom is -0.507 e. The summed E-state index contributed by atoms with van der Waals surface area (Å²) in [5, 5.41) is 28.1. The SMILES string of the molecule is CC(C)(C(=O)NC1CC1)N1CCC[C@@H](Nc2nnc(-c3ccc(Cl)cc3O)c3ccncc23)C1. The van der Waals surface area contributed by atoms with Gasteiger partial charge in [-0.3, -0.25) is 14.7 Å². The highest BCUT2D eigenvalue weighted by Crippen LogP contribution is 2.36. The van der Waals surface area contributed by atoms with E-state index in [4.69, 9.17) is 11.6 Å². The van der Waals surface area contributed by atoms with Gasteiger partial charge < -0.3 is 15.7 Å². The number of piperidine rings is 1. The van der Waals surface area contributed by atoms with Gasteiger partial charge in [-0.25, -0.2) is 0 Å². The molecule has 1 amide bonds. The van der Waals surface area contributed by atoms with Gasteiger partial charge in [0.1, 0.15) is 11.4 Å². The van der Waals surface area contributed by atoms with Crippen molar-refractivity contribution in [1.29, 1.82) is 0 Å². The number of fused-ring (bicyclic) bond motifs is 1. The van der Waals surface area contributed by atoms with Crippen molar-refractivity contribution in [1.82, 2.24) is 25.4 Å². The molecule has 1 atom stereocenters. The summed E-state index contributed by atoms with van der Waals surface area (Å²) in [5.74, 6) is 0.792. The molecule has 9 heteroatoms. The Balaban J connectivity index is 1.39. The molecule has 1 aromatic carbocycles. The molecule has 0 radical (unpaired) electrons. The van der Waals surface area contributed by atoms with Gasteiger partial charge in [-0.15, -0.1) is 10.2 Å². The Morgan fingerprint density at radius 1 is 1.15 bits per heavy atom. The van der Waals surface area contributed by atoms with E-state index in [1.807, 2.05) is 19.9 Å². The van der Waals surface area contributed by atoms with Gasteiger partial charge in [-0.2, -0.15) is 0 Å². The van der Waals surface area contributed by atoms with Crippen LogP contribution in [0.4, 0.5) is 5.82 Å². The molecule has 1 saturated carbocycles. The third-order valence-corrected chi connectivity index (χ3v) is 7.05. The Kier molecular flexibility index (Phi) is 6.04. The summed E-state index contributed by atoms with van der Waals surface area (Å²) < 4.78 is 0. The molecule has 3 N–H and O–H groups in total. The molecule has 2 aromatic heterocycles. The maximum absolute atomic E-state index is 12.8. The lowest BCUT2D eigenvalue weighted by molar-refractivity contribution is -0.132. The van der Waals surface area contributed by atoms with Crippen LogP contribution in [-0.4, -0.2) is 61.8 Å². The zero-order chi connectivity index (χ0) is 23.9. The van der Waals surface area contributed by atoms with E-state index < -0.39 is 5.54 Å². The number of carbonyl (C=O) groups is 1. The number of carbonyl (C=O) groups excluding carboxylic acids is 1. The first-order valence-electron chi connectivity index (χ1n) is 11.7. The summed E-state index contributed by atoms with van der Waals surface area (Å²) in [6, 6.07) is 7.29. The number of aromatic nitrogens is 3. The van der Waals surface area contributed by atoms with Gasteiger partial charge in [-0.05, 0) is 70.3 Å². The molecule has 3 aromatic rings. The molecule has 8 nitrogen and oxygen atoms in total. The predicted molar refractivity (Wildman–Crippen MR) is 133 cm³/mol. The molecule has 2 fully saturated rings. The van der Waals surface area contributed by atoms with E-state index in [0.29, 0.717) is 28.1 Å². The van der Waals surface area contributed by atoms with Crippen LogP contribution in [0.15, 0.2) is 36.7 Å². The number of phenols is 1. The fraction of sp³-hybridized carbons (Fsp3) is 0.440. The molecule has 3 heterocycles. The third-order valence-electron chi connectivity index (χ3n) is 6.82. The zero-order valence-corrected chi connectivity index (χ0v) is 20.1. The van der Waals surface area contributed by atoms with Gasteiger partial charge in [0.2, 0.25) is 5.91 Å². The molecule has 1 saturated heterocycles. The van der Waals surface area contributed by atoms with Crippen molar-refractivity contribution in [2.24, 2.45) is 0 Å². The minimum absolute atomic E-state index is 0.0512.